The molecule has 0 aliphatic carbocycles. The number of nitrogens with one attached hydrogen (secondary N) is 2. The molecule has 0 saturated heterocycles. The van der Waals surface area contributed by atoms with E-state index in [-0.39, 0.29) is 5.56 Å². The number of hydrogen-bond acceptors (Lipinski definition) is 6. The van der Waals surface area contributed by atoms with Gasteiger partial charge < -0.3 is 15.7 Å². The van der Waals surface area contributed by atoms with Crippen LogP contribution in [0.3, 0.4) is 0 Å². The van der Waals surface area contributed by atoms with Crippen molar-refractivity contribution in [2.24, 2.45) is 0 Å². The Morgan fingerprint density at radius 2 is 2.09 bits per heavy atom. The molecule has 0 unspecified atom stereocenters. The van der Waals surface area contributed by atoms with Gasteiger partial charge in [0.2, 0.25) is 0 Å². The first-order valence-electron chi connectivity index (χ1n) is 9.98. The van der Waals surface area contributed by atoms with E-state index in [1.165, 1.54) is 26.2 Å². The number of nitrogens with zero attached hydrogens (tertiary/aromatic N) is 4. The van der Waals surface area contributed by atoms with Gasteiger partial charge in [-0.05, 0) is 32.9 Å². The number of pyridine rings is 2. The summed E-state index contributed by atoms with van der Waals surface area (Å²) in [5.41, 5.74) is -0.206. The lowest BCUT2D eigenvalue weighted by atomic mass is 10.0. The van der Waals surface area contributed by atoms with Crippen molar-refractivity contribution in [3.8, 4) is 11.9 Å². The van der Waals surface area contributed by atoms with Crippen LogP contribution in [0.1, 0.15) is 36.7 Å². The van der Waals surface area contributed by atoms with Gasteiger partial charge in [-0.1, -0.05) is 0 Å². The number of halogens is 2. The molecule has 0 aromatic carbocycles. The average Bonchev–Trinajstić information content (AvgIpc) is 3.19. The smallest absolute Gasteiger partial charge is 0.255 e. The zero-order valence-corrected chi connectivity index (χ0v) is 17.9. The first-order chi connectivity index (χ1) is 15.1. The van der Waals surface area contributed by atoms with Crippen LogP contribution in [0.25, 0.3) is 16.9 Å². The number of alkyl halides is 2. The number of aromatic nitrogens is 3. The summed E-state index contributed by atoms with van der Waals surface area (Å²) in [6.45, 7) is 3.17. The highest BCUT2D eigenvalue weighted by Gasteiger charge is 2.27. The third kappa shape index (κ3) is 5.00. The van der Waals surface area contributed by atoms with Crippen LogP contribution in [0.5, 0.6) is 0 Å². The normalized spacial score (nSPS) is 13.4. The maximum absolute atomic E-state index is 14.0. The molecule has 0 spiro atoms. The summed E-state index contributed by atoms with van der Waals surface area (Å²) >= 11 is 0. The fourth-order valence-electron chi connectivity index (χ4n) is 2.98. The zero-order chi connectivity index (χ0) is 23.5. The van der Waals surface area contributed by atoms with Crippen molar-refractivity contribution in [3.05, 3.63) is 47.9 Å². The summed E-state index contributed by atoms with van der Waals surface area (Å²) in [5, 5.41) is 24.9. The van der Waals surface area contributed by atoms with Crippen LogP contribution in [0, 0.1) is 11.3 Å². The van der Waals surface area contributed by atoms with E-state index in [9.17, 15) is 18.7 Å². The topological polar surface area (TPSA) is 116 Å². The second-order valence-corrected chi connectivity index (χ2v) is 8.05. The summed E-state index contributed by atoms with van der Waals surface area (Å²) in [7, 11) is 0. The molecule has 0 radical (unpaired) electrons. The first-order valence-corrected chi connectivity index (χ1v) is 9.98. The average molecular weight is 442 g/mol. The SMILES string of the molecule is C[C@@H](CF)Nc1cc(-n2ccc3cc(C#N)cnc32)ncc1C(=O)NC[C@@H](F)C(C)(C)O. The molecule has 3 heterocycles. The van der Waals surface area contributed by atoms with Crippen LogP contribution < -0.4 is 10.6 Å². The molecule has 3 aromatic heterocycles. The molecule has 32 heavy (non-hydrogen) atoms. The molecule has 168 valence electrons. The molecule has 3 aromatic rings. The van der Waals surface area contributed by atoms with E-state index in [4.69, 9.17) is 5.26 Å². The van der Waals surface area contributed by atoms with E-state index in [0.717, 1.165) is 5.39 Å². The zero-order valence-electron chi connectivity index (χ0n) is 17.9. The van der Waals surface area contributed by atoms with Gasteiger partial charge in [-0.2, -0.15) is 5.26 Å². The monoisotopic (exact) mass is 442 g/mol. The summed E-state index contributed by atoms with van der Waals surface area (Å²) in [6, 6.07) is 6.50. The Hall–Kier alpha value is -3.58. The second-order valence-electron chi connectivity index (χ2n) is 8.05. The molecule has 3 N–H and O–H groups in total. The summed E-state index contributed by atoms with van der Waals surface area (Å²) < 4.78 is 28.8. The van der Waals surface area contributed by atoms with E-state index < -0.39 is 36.9 Å². The molecule has 3 rings (SSSR count). The molecule has 0 aliphatic rings. The fraction of sp³-hybridized carbons (Fsp3) is 0.364. The second kappa shape index (κ2) is 9.28. The maximum Gasteiger partial charge on any atom is 0.255 e. The summed E-state index contributed by atoms with van der Waals surface area (Å²) in [5.74, 6) is -0.194. The molecule has 0 aliphatic heterocycles. The van der Waals surface area contributed by atoms with Crippen molar-refractivity contribution in [1.29, 1.82) is 5.26 Å². The molecule has 0 fully saturated rings. The molecule has 0 saturated carbocycles. The van der Waals surface area contributed by atoms with E-state index in [0.29, 0.717) is 22.7 Å². The Balaban J connectivity index is 1.95. The van der Waals surface area contributed by atoms with Gasteiger partial charge in [0.05, 0.1) is 35.0 Å². The van der Waals surface area contributed by atoms with Crippen molar-refractivity contribution in [1.82, 2.24) is 19.9 Å². The minimum absolute atomic E-state index is 0.105. The van der Waals surface area contributed by atoms with E-state index in [1.807, 2.05) is 6.07 Å². The van der Waals surface area contributed by atoms with Crippen LogP contribution in [-0.2, 0) is 0 Å². The number of amides is 1. The van der Waals surface area contributed by atoms with Gasteiger partial charge in [0, 0.05) is 30.0 Å². The molecule has 0 bridgehead atoms. The Labute approximate surface area is 183 Å². The number of rotatable bonds is 8. The largest absolute Gasteiger partial charge is 0.387 e. The quantitative estimate of drug-likeness (QED) is 0.494. The Kier molecular flexibility index (Phi) is 6.69. The standard InChI is InChI=1S/C22H24F2N6O2/c1-13(8-23)29-17-7-19(30-5-4-15-6-14(9-25)10-27-20(15)30)26-11-16(17)21(31)28-12-18(24)22(2,3)32/h4-7,10-11,13,18,32H,8,12H2,1-3H3,(H,26,29)(H,28,31)/t13-,18+/m0/s1. The van der Waals surface area contributed by atoms with Crippen LogP contribution >= 0.6 is 0 Å². The molecule has 8 nitrogen and oxygen atoms in total. The summed E-state index contributed by atoms with van der Waals surface area (Å²) in [4.78, 5) is 21.3. The molecular formula is C22H24F2N6O2. The number of aliphatic hydroxyl groups is 1. The molecule has 1 amide bonds. The predicted molar refractivity (Wildman–Crippen MR) is 116 cm³/mol. The molecule has 10 heteroatoms. The van der Waals surface area contributed by atoms with Crippen molar-refractivity contribution < 1.29 is 18.7 Å². The van der Waals surface area contributed by atoms with E-state index in [2.05, 4.69) is 20.6 Å². The Morgan fingerprint density at radius 3 is 2.75 bits per heavy atom. The number of anilines is 1. The van der Waals surface area contributed by atoms with Crippen molar-refractivity contribution in [3.63, 3.8) is 0 Å². The number of fused-ring (bicyclic) bond motifs is 1. The van der Waals surface area contributed by atoms with E-state index >= 15 is 0 Å². The van der Waals surface area contributed by atoms with Crippen LogP contribution in [0.2, 0.25) is 0 Å². The van der Waals surface area contributed by atoms with Gasteiger partial charge >= 0.3 is 0 Å². The van der Waals surface area contributed by atoms with Crippen molar-refractivity contribution in [2.75, 3.05) is 18.5 Å². The van der Waals surface area contributed by atoms with Crippen LogP contribution in [0.15, 0.2) is 36.8 Å². The Morgan fingerprint density at radius 1 is 1.34 bits per heavy atom. The van der Waals surface area contributed by atoms with Crippen LogP contribution in [-0.4, -0.2) is 56.6 Å². The van der Waals surface area contributed by atoms with Crippen molar-refractivity contribution >= 4 is 22.6 Å². The predicted octanol–water partition coefficient (Wildman–Crippen LogP) is 2.90. The highest BCUT2D eigenvalue weighted by Crippen LogP contribution is 2.23. The minimum Gasteiger partial charge on any atom is -0.387 e. The molecule has 2 atom stereocenters. The minimum atomic E-state index is -1.67. The summed E-state index contributed by atoms with van der Waals surface area (Å²) in [6.07, 6.45) is 2.81. The van der Waals surface area contributed by atoms with Gasteiger partial charge in [0.1, 0.15) is 30.4 Å². The van der Waals surface area contributed by atoms with Gasteiger partial charge in [0.15, 0.2) is 0 Å². The number of carbonyl (C=O) groups is 1. The van der Waals surface area contributed by atoms with Gasteiger partial charge in [-0.25, -0.2) is 18.7 Å². The van der Waals surface area contributed by atoms with Crippen molar-refractivity contribution in [2.45, 2.75) is 38.6 Å². The lowest BCUT2D eigenvalue weighted by Crippen LogP contribution is -2.42. The van der Waals surface area contributed by atoms with Gasteiger partial charge in [0.25, 0.3) is 5.91 Å². The molecular weight excluding hydrogens is 418 g/mol. The fourth-order valence-corrected chi connectivity index (χ4v) is 2.98. The highest BCUT2D eigenvalue weighted by molar-refractivity contribution is 5.99. The number of nitriles is 1. The third-order valence-electron chi connectivity index (χ3n) is 4.88. The maximum atomic E-state index is 14.0. The lowest BCUT2D eigenvalue weighted by Gasteiger charge is -2.23. The lowest BCUT2D eigenvalue weighted by molar-refractivity contribution is -0.00177. The first kappa shape index (κ1) is 23.1. The van der Waals surface area contributed by atoms with Gasteiger partial charge in [-0.3, -0.25) is 9.36 Å². The van der Waals surface area contributed by atoms with Crippen LogP contribution in [0.4, 0.5) is 14.5 Å². The van der Waals surface area contributed by atoms with E-state index in [1.54, 1.807) is 35.9 Å². The Bertz CT molecular complexity index is 1170. The number of hydrogen-bond donors (Lipinski definition) is 3. The highest BCUT2D eigenvalue weighted by atomic mass is 19.1. The third-order valence-corrected chi connectivity index (χ3v) is 4.88. The number of carbonyl (C=O) groups excluding carboxylic acids is 1. The van der Waals surface area contributed by atoms with Gasteiger partial charge in [-0.15, -0.1) is 0 Å².